The summed E-state index contributed by atoms with van der Waals surface area (Å²) < 4.78 is 0. The molecule has 0 aromatic heterocycles. The number of fused-ring (bicyclic) bond motifs is 2. The van der Waals surface area contributed by atoms with Gasteiger partial charge in [0.2, 0.25) is 11.8 Å². The van der Waals surface area contributed by atoms with E-state index in [-0.39, 0.29) is 11.8 Å². The Hall–Kier alpha value is -1.92. The van der Waals surface area contributed by atoms with Gasteiger partial charge in [-0.1, -0.05) is 38.8 Å². The molecule has 2 heterocycles. The maximum absolute atomic E-state index is 12.2. The minimum atomic E-state index is -0.402. The number of hydrogen-bond donors (Lipinski definition) is 2. The number of nitrogens with zero attached hydrogens (tertiary/aromatic N) is 2. The zero-order valence-electron chi connectivity index (χ0n) is 19.1. The van der Waals surface area contributed by atoms with E-state index in [9.17, 15) is 14.7 Å². The van der Waals surface area contributed by atoms with Gasteiger partial charge in [-0.3, -0.25) is 14.5 Å². The van der Waals surface area contributed by atoms with Crippen LogP contribution in [0.2, 0.25) is 0 Å². The van der Waals surface area contributed by atoms with Gasteiger partial charge >= 0.3 is 0 Å². The molecule has 1 aromatic carbocycles. The molecule has 2 saturated heterocycles. The van der Waals surface area contributed by atoms with Crippen molar-refractivity contribution in [3.05, 3.63) is 35.4 Å². The first-order valence-electron chi connectivity index (χ1n) is 12.0. The molecule has 6 heteroatoms. The molecule has 0 aliphatic carbocycles. The van der Waals surface area contributed by atoms with E-state index in [0.29, 0.717) is 29.5 Å². The fourth-order valence-corrected chi connectivity index (χ4v) is 5.58. The Morgan fingerprint density at radius 1 is 1.19 bits per heavy atom. The average Bonchev–Trinajstić information content (AvgIpc) is 3.02. The van der Waals surface area contributed by atoms with Gasteiger partial charge < -0.3 is 15.7 Å². The molecule has 0 radical (unpaired) electrons. The van der Waals surface area contributed by atoms with E-state index in [0.717, 1.165) is 51.7 Å². The van der Waals surface area contributed by atoms with Gasteiger partial charge in [0, 0.05) is 37.3 Å². The second-order valence-electron chi connectivity index (χ2n) is 9.31. The quantitative estimate of drug-likeness (QED) is 0.566. The summed E-state index contributed by atoms with van der Waals surface area (Å²) in [6.45, 7) is 6.39. The highest BCUT2D eigenvalue weighted by Crippen LogP contribution is 2.43. The van der Waals surface area contributed by atoms with Crippen LogP contribution in [0.3, 0.4) is 0 Å². The summed E-state index contributed by atoms with van der Waals surface area (Å²) in [5, 5.41) is 9.37. The van der Waals surface area contributed by atoms with Crippen LogP contribution >= 0.6 is 0 Å². The Morgan fingerprint density at radius 2 is 1.87 bits per heavy atom. The molecular weight excluding hydrogens is 390 g/mol. The Labute approximate surface area is 186 Å². The van der Waals surface area contributed by atoms with Crippen molar-refractivity contribution in [1.82, 2.24) is 9.80 Å². The van der Waals surface area contributed by atoms with Crippen molar-refractivity contribution < 1.29 is 14.7 Å². The molecule has 2 bridgehead atoms. The van der Waals surface area contributed by atoms with E-state index in [4.69, 9.17) is 5.73 Å². The first-order chi connectivity index (χ1) is 15.0. The van der Waals surface area contributed by atoms with Gasteiger partial charge in [0.25, 0.3) is 0 Å². The number of primary amides is 1. The molecule has 0 saturated carbocycles. The van der Waals surface area contributed by atoms with Gasteiger partial charge in [-0.25, -0.2) is 0 Å². The number of aliphatic hydroxyl groups is 1. The van der Waals surface area contributed by atoms with Gasteiger partial charge in [0.1, 0.15) is 6.61 Å². The molecule has 2 amide bonds. The minimum absolute atomic E-state index is 0.150. The Morgan fingerprint density at radius 3 is 2.45 bits per heavy atom. The first-order valence-corrected chi connectivity index (χ1v) is 12.0. The third-order valence-corrected chi connectivity index (χ3v) is 7.49. The summed E-state index contributed by atoms with van der Waals surface area (Å²) >= 11 is 0. The van der Waals surface area contributed by atoms with Gasteiger partial charge in [0.15, 0.2) is 0 Å². The van der Waals surface area contributed by atoms with E-state index < -0.39 is 6.61 Å². The van der Waals surface area contributed by atoms with Gasteiger partial charge in [0.05, 0.1) is 0 Å². The predicted octanol–water partition coefficient (Wildman–Crippen LogP) is 3.14. The summed E-state index contributed by atoms with van der Waals surface area (Å²) in [7, 11) is 0. The number of aliphatic hydroxyl groups excluding tert-OH is 1. The normalized spacial score (nSPS) is 23.3. The molecular formula is C25H39N3O3. The van der Waals surface area contributed by atoms with Crippen LogP contribution in [-0.2, 0) is 4.79 Å². The summed E-state index contributed by atoms with van der Waals surface area (Å²) in [5.74, 6) is 0.467. The highest BCUT2D eigenvalue weighted by molar-refractivity contribution is 5.92. The van der Waals surface area contributed by atoms with Gasteiger partial charge in [-0.05, 0) is 61.6 Å². The van der Waals surface area contributed by atoms with Gasteiger partial charge in [-0.15, -0.1) is 0 Å². The fourth-order valence-electron chi connectivity index (χ4n) is 5.58. The van der Waals surface area contributed by atoms with Crippen molar-refractivity contribution >= 4 is 11.8 Å². The maximum Gasteiger partial charge on any atom is 0.248 e. The highest BCUT2D eigenvalue weighted by Gasteiger charge is 2.40. The third kappa shape index (κ3) is 5.86. The number of amides is 2. The minimum Gasteiger partial charge on any atom is -0.387 e. The second kappa shape index (κ2) is 11.1. The van der Waals surface area contributed by atoms with Crippen molar-refractivity contribution in [2.75, 3.05) is 26.2 Å². The lowest BCUT2D eigenvalue weighted by Gasteiger charge is -2.39. The van der Waals surface area contributed by atoms with Crippen LogP contribution in [-0.4, -0.2) is 65.0 Å². The standard InChI is InChI=1S/C25H39N3O3/c1-3-18(4-2)16-27(24(30)17-29)11-6-12-28-22-9-10-23(28)15-21(14-22)19-7-5-8-20(13-19)25(26)31/h5,7-8,13,18,21-23,29H,3-4,6,9-12,14-17H2,1-2H3,(H2,26,31)/t22-,23-/m1/s1. The lowest BCUT2D eigenvalue weighted by Crippen LogP contribution is -2.44. The van der Waals surface area contributed by atoms with Crippen molar-refractivity contribution in [2.45, 2.75) is 76.8 Å². The lowest BCUT2D eigenvalue weighted by atomic mass is 9.84. The van der Waals surface area contributed by atoms with Gasteiger partial charge in [-0.2, -0.15) is 0 Å². The molecule has 6 nitrogen and oxygen atoms in total. The van der Waals surface area contributed by atoms with Crippen LogP contribution < -0.4 is 5.73 Å². The fraction of sp³-hybridized carbons (Fsp3) is 0.680. The van der Waals surface area contributed by atoms with Crippen LogP contribution in [0.15, 0.2) is 24.3 Å². The second-order valence-corrected chi connectivity index (χ2v) is 9.31. The summed E-state index contributed by atoms with van der Waals surface area (Å²) in [4.78, 5) is 28.3. The van der Waals surface area contributed by atoms with E-state index in [1.807, 2.05) is 17.0 Å². The molecule has 31 heavy (non-hydrogen) atoms. The summed E-state index contributed by atoms with van der Waals surface area (Å²) in [5.41, 5.74) is 7.30. The molecule has 2 aliphatic heterocycles. The maximum atomic E-state index is 12.2. The lowest BCUT2D eigenvalue weighted by molar-refractivity contribution is -0.135. The number of hydrogen-bond acceptors (Lipinski definition) is 4. The molecule has 0 unspecified atom stereocenters. The number of rotatable bonds is 11. The monoisotopic (exact) mass is 429 g/mol. The Balaban J connectivity index is 1.55. The van der Waals surface area contributed by atoms with E-state index in [2.05, 4.69) is 24.8 Å². The number of carbonyl (C=O) groups is 2. The van der Waals surface area contributed by atoms with E-state index in [1.54, 1.807) is 6.07 Å². The number of piperidine rings is 1. The molecule has 3 N–H and O–H groups in total. The van der Waals surface area contributed by atoms with Crippen molar-refractivity contribution in [3.63, 3.8) is 0 Å². The summed E-state index contributed by atoms with van der Waals surface area (Å²) in [6.07, 6.45) is 7.74. The van der Waals surface area contributed by atoms with E-state index in [1.165, 1.54) is 18.4 Å². The van der Waals surface area contributed by atoms with Crippen LogP contribution in [0.4, 0.5) is 0 Å². The van der Waals surface area contributed by atoms with Crippen LogP contribution in [0, 0.1) is 5.92 Å². The molecule has 2 atom stereocenters. The van der Waals surface area contributed by atoms with Crippen molar-refractivity contribution in [1.29, 1.82) is 0 Å². The SMILES string of the molecule is CCC(CC)CN(CCCN1[C@@H]2CC[C@@H]1CC(c1cccc(C(N)=O)c1)C2)C(=O)CO. The molecule has 172 valence electrons. The van der Waals surface area contributed by atoms with Crippen molar-refractivity contribution in [3.8, 4) is 0 Å². The topological polar surface area (TPSA) is 86.9 Å². The molecule has 0 spiro atoms. The Bertz CT molecular complexity index is 735. The van der Waals surface area contributed by atoms with Crippen molar-refractivity contribution in [2.24, 2.45) is 11.7 Å². The average molecular weight is 430 g/mol. The zero-order chi connectivity index (χ0) is 22.4. The molecule has 1 aromatic rings. The largest absolute Gasteiger partial charge is 0.387 e. The molecule has 2 aliphatic rings. The molecule has 3 rings (SSSR count). The Kier molecular flexibility index (Phi) is 8.50. The first kappa shape index (κ1) is 23.7. The zero-order valence-corrected chi connectivity index (χ0v) is 19.1. The van der Waals surface area contributed by atoms with Crippen LogP contribution in [0.25, 0.3) is 0 Å². The third-order valence-electron chi connectivity index (χ3n) is 7.49. The number of carbonyl (C=O) groups excluding carboxylic acids is 2. The smallest absolute Gasteiger partial charge is 0.248 e. The molecule has 2 fully saturated rings. The predicted molar refractivity (Wildman–Crippen MR) is 123 cm³/mol. The highest BCUT2D eigenvalue weighted by atomic mass is 16.3. The van der Waals surface area contributed by atoms with E-state index >= 15 is 0 Å². The van der Waals surface area contributed by atoms with Crippen LogP contribution in [0.1, 0.15) is 80.6 Å². The number of benzene rings is 1. The van der Waals surface area contributed by atoms with Crippen LogP contribution in [0.5, 0.6) is 0 Å². The number of nitrogens with two attached hydrogens (primary N) is 1. The summed E-state index contributed by atoms with van der Waals surface area (Å²) in [6, 6.07) is 8.97.